The van der Waals surface area contributed by atoms with Crippen molar-refractivity contribution in [3.63, 3.8) is 0 Å². The number of carbonyl (C=O) groups excluding carboxylic acids is 2. The molecule has 0 atom stereocenters. The first-order valence-corrected chi connectivity index (χ1v) is 6.55. The third-order valence-corrected chi connectivity index (χ3v) is 3.03. The fourth-order valence-electron chi connectivity index (χ4n) is 2.00. The number of hydrogen-bond acceptors (Lipinski definition) is 2. The molecular weight excluding hydrogens is 266 g/mol. The van der Waals surface area contributed by atoms with E-state index < -0.39 is 6.03 Å². The summed E-state index contributed by atoms with van der Waals surface area (Å²) in [6.45, 7) is 1.97. The second kappa shape index (κ2) is 6.56. The summed E-state index contributed by atoms with van der Waals surface area (Å²) < 4.78 is 0. The van der Waals surface area contributed by atoms with Crippen molar-refractivity contribution in [3.8, 4) is 0 Å². The van der Waals surface area contributed by atoms with E-state index in [2.05, 4.69) is 10.6 Å². The lowest BCUT2D eigenvalue weighted by atomic mass is 10.1. The van der Waals surface area contributed by atoms with Crippen LogP contribution < -0.4 is 16.4 Å². The van der Waals surface area contributed by atoms with Crippen molar-refractivity contribution in [1.29, 1.82) is 0 Å². The molecule has 0 saturated heterocycles. The SMILES string of the molecule is Cc1ccccc1CC(=O)Nc1cccc(NC(N)=O)c1. The third kappa shape index (κ3) is 4.35. The highest BCUT2D eigenvalue weighted by Crippen LogP contribution is 2.16. The van der Waals surface area contributed by atoms with Crippen LogP contribution >= 0.6 is 0 Å². The van der Waals surface area contributed by atoms with E-state index >= 15 is 0 Å². The number of aryl methyl sites for hydroxylation is 1. The Hall–Kier alpha value is -2.82. The number of anilines is 2. The molecule has 0 aliphatic rings. The van der Waals surface area contributed by atoms with E-state index in [0.29, 0.717) is 17.8 Å². The molecule has 0 saturated carbocycles. The van der Waals surface area contributed by atoms with Crippen molar-refractivity contribution >= 4 is 23.3 Å². The molecule has 0 heterocycles. The van der Waals surface area contributed by atoms with Crippen LogP contribution in [0.3, 0.4) is 0 Å². The lowest BCUT2D eigenvalue weighted by Gasteiger charge is -2.09. The molecule has 0 unspecified atom stereocenters. The summed E-state index contributed by atoms with van der Waals surface area (Å²) in [7, 11) is 0. The van der Waals surface area contributed by atoms with E-state index in [-0.39, 0.29) is 5.91 Å². The van der Waals surface area contributed by atoms with Crippen molar-refractivity contribution < 1.29 is 9.59 Å². The summed E-state index contributed by atoms with van der Waals surface area (Å²) in [4.78, 5) is 22.8. The number of nitrogens with one attached hydrogen (secondary N) is 2. The maximum absolute atomic E-state index is 12.0. The molecule has 4 N–H and O–H groups in total. The second-order valence-corrected chi connectivity index (χ2v) is 4.72. The van der Waals surface area contributed by atoms with Crippen molar-refractivity contribution in [2.75, 3.05) is 10.6 Å². The van der Waals surface area contributed by atoms with Gasteiger partial charge < -0.3 is 16.4 Å². The minimum Gasteiger partial charge on any atom is -0.351 e. The Bertz CT molecular complexity index is 668. The number of amides is 3. The van der Waals surface area contributed by atoms with Crippen LogP contribution in [0.4, 0.5) is 16.2 Å². The van der Waals surface area contributed by atoms with Gasteiger partial charge in [0.1, 0.15) is 0 Å². The van der Waals surface area contributed by atoms with Crippen LogP contribution in [0.5, 0.6) is 0 Å². The molecule has 2 aromatic carbocycles. The molecule has 0 bridgehead atoms. The molecular formula is C16H17N3O2. The monoisotopic (exact) mass is 283 g/mol. The van der Waals surface area contributed by atoms with Gasteiger partial charge in [0.15, 0.2) is 0 Å². The fourth-order valence-corrected chi connectivity index (χ4v) is 2.00. The molecule has 2 aromatic rings. The zero-order valence-corrected chi connectivity index (χ0v) is 11.7. The zero-order valence-electron chi connectivity index (χ0n) is 11.7. The standard InChI is InChI=1S/C16H17N3O2/c1-11-5-2-3-6-12(11)9-15(20)18-13-7-4-8-14(10-13)19-16(17)21/h2-8,10H,9H2,1H3,(H,18,20)(H3,17,19,21). The predicted molar refractivity (Wildman–Crippen MR) is 83.2 cm³/mol. The van der Waals surface area contributed by atoms with Gasteiger partial charge in [-0.2, -0.15) is 0 Å². The van der Waals surface area contributed by atoms with Gasteiger partial charge in [0.05, 0.1) is 6.42 Å². The normalized spacial score (nSPS) is 9.95. The first-order valence-electron chi connectivity index (χ1n) is 6.55. The second-order valence-electron chi connectivity index (χ2n) is 4.72. The van der Waals surface area contributed by atoms with Crippen LogP contribution in [0.25, 0.3) is 0 Å². The van der Waals surface area contributed by atoms with Gasteiger partial charge in [-0.15, -0.1) is 0 Å². The highest BCUT2D eigenvalue weighted by molar-refractivity contribution is 5.94. The number of benzene rings is 2. The number of nitrogens with two attached hydrogens (primary N) is 1. The Morgan fingerprint density at radius 2 is 1.67 bits per heavy atom. The van der Waals surface area contributed by atoms with Gasteiger partial charge in [-0.25, -0.2) is 4.79 Å². The van der Waals surface area contributed by atoms with Gasteiger partial charge in [0, 0.05) is 11.4 Å². The van der Waals surface area contributed by atoms with Crippen molar-refractivity contribution in [2.24, 2.45) is 5.73 Å². The lowest BCUT2D eigenvalue weighted by Crippen LogP contribution is -2.19. The van der Waals surface area contributed by atoms with Crippen LogP contribution in [-0.4, -0.2) is 11.9 Å². The number of rotatable bonds is 4. The Morgan fingerprint density at radius 1 is 1.00 bits per heavy atom. The van der Waals surface area contributed by atoms with Crippen LogP contribution in [0.1, 0.15) is 11.1 Å². The number of hydrogen-bond donors (Lipinski definition) is 3. The Morgan fingerprint density at radius 3 is 2.33 bits per heavy atom. The Labute approximate surface area is 123 Å². The molecule has 0 fully saturated rings. The topological polar surface area (TPSA) is 84.2 Å². The van der Waals surface area contributed by atoms with Gasteiger partial charge in [0.2, 0.25) is 5.91 Å². The first-order chi connectivity index (χ1) is 10.0. The maximum Gasteiger partial charge on any atom is 0.316 e. The minimum absolute atomic E-state index is 0.111. The lowest BCUT2D eigenvalue weighted by molar-refractivity contribution is -0.115. The van der Waals surface area contributed by atoms with E-state index in [0.717, 1.165) is 11.1 Å². The van der Waals surface area contributed by atoms with Crippen LogP contribution in [0.15, 0.2) is 48.5 Å². The summed E-state index contributed by atoms with van der Waals surface area (Å²) in [5.41, 5.74) is 8.27. The van der Waals surface area contributed by atoms with Crippen LogP contribution in [0.2, 0.25) is 0 Å². The van der Waals surface area contributed by atoms with Gasteiger partial charge in [-0.1, -0.05) is 30.3 Å². The molecule has 0 aliphatic heterocycles. The zero-order chi connectivity index (χ0) is 15.2. The average molecular weight is 283 g/mol. The van der Waals surface area contributed by atoms with E-state index in [9.17, 15) is 9.59 Å². The largest absolute Gasteiger partial charge is 0.351 e. The number of carbonyl (C=O) groups is 2. The molecule has 0 spiro atoms. The fraction of sp³-hybridized carbons (Fsp3) is 0.125. The summed E-state index contributed by atoms with van der Waals surface area (Å²) in [6.07, 6.45) is 0.306. The molecule has 5 nitrogen and oxygen atoms in total. The smallest absolute Gasteiger partial charge is 0.316 e. The summed E-state index contributed by atoms with van der Waals surface area (Å²) in [6, 6.07) is 13.9. The molecule has 21 heavy (non-hydrogen) atoms. The van der Waals surface area contributed by atoms with Crippen LogP contribution in [0, 0.1) is 6.92 Å². The molecule has 5 heteroatoms. The van der Waals surface area contributed by atoms with Crippen molar-refractivity contribution in [3.05, 3.63) is 59.7 Å². The van der Waals surface area contributed by atoms with Gasteiger partial charge in [0.25, 0.3) is 0 Å². The number of urea groups is 1. The highest BCUT2D eigenvalue weighted by Gasteiger charge is 2.06. The quantitative estimate of drug-likeness (QED) is 0.806. The number of primary amides is 1. The molecule has 0 aliphatic carbocycles. The van der Waals surface area contributed by atoms with Crippen molar-refractivity contribution in [1.82, 2.24) is 0 Å². The van der Waals surface area contributed by atoms with E-state index in [1.165, 1.54) is 0 Å². The van der Waals surface area contributed by atoms with E-state index in [1.54, 1.807) is 24.3 Å². The van der Waals surface area contributed by atoms with Gasteiger partial charge in [-0.3, -0.25) is 4.79 Å². The van der Waals surface area contributed by atoms with E-state index in [4.69, 9.17) is 5.73 Å². The summed E-state index contributed by atoms with van der Waals surface area (Å²) >= 11 is 0. The average Bonchev–Trinajstić information content (AvgIpc) is 2.41. The first kappa shape index (κ1) is 14.6. The molecule has 3 amide bonds. The van der Waals surface area contributed by atoms with Crippen LogP contribution in [-0.2, 0) is 11.2 Å². The maximum atomic E-state index is 12.0. The predicted octanol–water partition coefficient (Wildman–Crippen LogP) is 2.67. The summed E-state index contributed by atoms with van der Waals surface area (Å²) in [5, 5.41) is 5.26. The van der Waals surface area contributed by atoms with Gasteiger partial charge in [-0.05, 0) is 36.2 Å². The molecule has 0 aromatic heterocycles. The summed E-state index contributed by atoms with van der Waals surface area (Å²) in [5.74, 6) is -0.111. The molecule has 2 rings (SSSR count). The highest BCUT2D eigenvalue weighted by atomic mass is 16.2. The minimum atomic E-state index is -0.640. The van der Waals surface area contributed by atoms with Gasteiger partial charge >= 0.3 is 6.03 Å². The Balaban J connectivity index is 2.03. The Kier molecular flexibility index (Phi) is 4.56. The molecule has 108 valence electrons. The van der Waals surface area contributed by atoms with Crippen molar-refractivity contribution in [2.45, 2.75) is 13.3 Å². The third-order valence-electron chi connectivity index (χ3n) is 3.03. The van der Waals surface area contributed by atoms with E-state index in [1.807, 2.05) is 31.2 Å². The molecule has 0 radical (unpaired) electrons.